The summed E-state index contributed by atoms with van der Waals surface area (Å²) in [4.78, 5) is 10.8. The summed E-state index contributed by atoms with van der Waals surface area (Å²) in [7, 11) is 0. The maximum atomic E-state index is 12.9. The van der Waals surface area contributed by atoms with Crippen LogP contribution in [0.4, 0.5) is 4.39 Å². The molecule has 1 saturated carbocycles. The highest BCUT2D eigenvalue weighted by Crippen LogP contribution is 2.27. The number of hydrogen-bond acceptors (Lipinski definition) is 1. The molecule has 0 spiro atoms. The predicted octanol–water partition coefficient (Wildman–Crippen LogP) is 2.88. The summed E-state index contributed by atoms with van der Waals surface area (Å²) in [6, 6.07) is 0. The lowest BCUT2D eigenvalue weighted by atomic mass is 9.84. The molecule has 0 amide bonds. The van der Waals surface area contributed by atoms with Crippen LogP contribution >= 0.6 is 0 Å². The molecule has 1 nitrogen and oxygen atoms in total. The molecule has 0 aromatic rings. The van der Waals surface area contributed by atoms with Crippen molar-refractivity contribution in [2.45, 2.75) is 51.6 Å². The zero-order valence-electron chi connectivity index (χ0n) is 7.68. The van der Waals surface area contributed by atoms with Crippen molar-refractivity contribution in [3.63, 3.8) is 0 Å². The molecule has 0 heterocycles. The Morgan fingerprint density at radius 2 is 2.33 bits per heavy atom. The highest BCUT2D eigenvalue weighted by atomic mass is 19.1. The Kier molecular flexibility index (Phi) is 3.70. The molecule has 1 aliphatic rings. The number of unbranched alkanes of at least 4 members (excludes halogenated alkanes) is 1. The number of alkyl halides is 1. The van der Waals surface area contributed by atoms with Gasteiger partial charge in [-0.25, -0.2) is 4.39 Å². The standard InChI is InChI=1S/C10H17FO/c1-2-3-4-8-5-6-10(12)9(11)7-8/h8-9H,2-7H2,1H3. The van der Waals surface area contributed by atoms with Crippen molar-refractivity contribution in [1.82, 2.24) is 0 Å². The molecular weight excluding hydrogens is 155 g/mol. The van der Waals surface area contributed by atoms with E-state index >= 15 is 0 Å². The van der Waals surface area contributed by atoms with Crippen LogP contribution in [0.3, 0.4) is 0 Å². The van der Waals surface area contributed by atoms with Crippen molar-refractivity contribution < 1.29 is 9.18 Å². The fourth-order valence-electron chi connectivity index (χ4n) is 1.80. The highest BCUT2D eigenvalue weighted by molar-refractivity contribution is 5.83. The number of carbonyl (C=O) groups excluding carboxylic acids is 1. The van der Waals surface area contributed by atoms with E-state index in [1.54, 1.807) is 0 Å². The number of Topliss-reactive ketones (excluding diaryl/α,β-unsaturated/α-hetero) is 1. The molecule has 0 aromatic carbocycles. The van der Waals surface area contributed by atoms with E-state index in [0.717, 1.165) is 12.8 Å². The molecule has 0 aliphatic heterocycles. The van der Waals surface area contributed by atoms with Crippen molar-refractivity contribution >= 4 is 5.78 Å². The molecule has 70 valence electrons. The van der Waals surface area contributed by atoms with Crippen molar-refractivity contribution in [2.24, 2.45) is 5.92 Å². The molecule has 1 fully saturated rings. The van der Waals surface area contributed by atoms with Crippen LogP contribution in [0.1, 0.15) is 45.4 Å². The van der Waals surface area contributed by atoms with Gasteiger partial charge in [-0.1, -0.05) is 26.2 Å². The quantitative estimate of drug-likeness (QED) is 0.639. The summed E-state index contributed by atoms with van der Waals surface area (Å²) < 4.78 is 12.9. The van der Waals surface area contributed by atoms with Crippen molar-refractivity contribution in [3.05, 3.63) is 0 Å². The average molecular weight is 172 g/mol. The van der Waals surface area contributed by atoms with Gasteiger partial charge in [0.1, 0.15) is 0 Å². The molecule has 2 heteroatoms. The van der Waals surface area contributed by atoms with Gasteiger partial charge in [0, 0.05) is 6.42 Å². The van der Waals surface area contributed by atoms with Crippen molar-refractivity contribution in [3.8, 4) is 0 Å². The first-order chi connectivity index (χ1) is 5.74. The number of rotatable bonds is 3. The maximum Gasteiger partial charge on any atom is 0.166 e. The SMILES string of the molecule is CCCCC1CCC(=O)C(F)C1. The third kappa shape index (κ3) is 2.58. The Morgan fingerprint density at radius 3 is 2.92 bits per heavy atom. The van der Waals surface area contributed by atoms with E-state index < -0.39 is 6.17 Å². The Hall–Kier alpha value is -0.400. The summed E-state index contributed by atoms with van der Waals surface area (Å²) in [6.07, 6.45) is 4.16. The van der Waals surface area contributed by atoms with Crippen LogP contribution in [-0.2, 0) is 4.79 Å². The van der Waals surface area contributed by atoms with Gasteiger partial charge in [0.2, 0.25) is 0 Å². The fraction of sp³-hybridized carbons (Fsp3) is 0.900. The lowest BCUT2D eigenvalue weighted by molar-refractivity contribution is -0.126. The van der Waals surface area contributed by atoms with Crippen LogP contribution < -0.4 is 0 Å². The van der Waals surface area contributed by atoms with Crippen LogP contribution in [-0.4, -0.2) is 12.0 Å². The topological polar surface area (TPSA) is 17.1 Å². The third-order valence-corrected chi connectivity index (χ3v) is 2.65. The second-order valence-corrected chi connectivity index (χ2v) is 3.72. The van der Waals surface area contributed by atoms with E-state index in [-0.39, 0.29) is 5.78 Å². The highest BCUT2D eigenvalue weighted by Gasteiger charge is 2.27. The minimum atomic E-state index is -1.15. The summed E-state index contributed by atoms with van der Waals surface area (Å²) in [6.45, 7) is 2.14. The van der Waals surface area contributed by atoms with Gasteiger partial charge in [-0.05, 0) is 18.8 Å². The first-order valence-electron chi connectivity index (χ1n) is 4.90. The lowest BCUT2D eigenvalue weighted by Gasteiger charge is -2.23. The predicted molar refractivity (Wildman–Crippen MR) is 46.8 cm³/mol. The van der Waals surface area contributed by atoms with Crippen LogP contribution in [0.15, 0.2) is 0 Å². The number of hydrogen-bond donors (Lipinski definition) is 0. The Morgan fingerprint density at radius 1 is 1.58 bits per heavy atom. The normalized spacial score (nSPS) is 30.7. The molecule has 2 unspecified atom stereocenters. The number of halogens is 1. The second-order valence-electron chi connectivity index (χ2n) is 3.72. The first-order valence-corrected chi connectivity index (χ1v) is 4.90. The lowest BCUT2D eigenvalue weighted by Crippen LogP contribution is -2.25. The zero-order valence-corrected chi connectivity index (χ0v) is 7.68. The molecule has 1 rings (SSSR count). The smallest absolute Gasteiger partial charge is 0.166 e. The average Bonchev–Trinajstić information content (AvgIpc) is 2.07. The monoisotopic (exact) mass is 172 g/mol. The van der Waals surface area contributed by atoms with Gasteiger partial charge in [0.25, 0.3) is 0 Å². The molecule has 0 aromatic heterocycles. The molecule has 0 saturated heterocycles. The van der Waals surface area contributed by atoms with Gasteiger partial charge >= 0.3 is 0 Å². The van der Waals surface area contributed by atoms with E-state index in [0.29, 0.717) is 18.8 Å². The van der Waals surface area contributed by atoms with Crippen molar-refractivity contribution in [1.29, 1.82) is 0 Å². The first kappa shape index (κ1) is 9.69. The van der Waals surface area contributed by atoms with Crippen LogP contribution in [0.5, 0.6) is 0 Å². The molecule has 2 atom stereocenters. The van der Waals surface area contributed by atoms with Gasteiger partial charge < -0.3 is 0 Å². The van der Waals surface area contributed by atoms with Crippen LogP contribution in [0.25, 0.3) is 0 Å². The van der Waals surface area contributed by atoms with Crippen molar-refractivity contribution in [2.75, 3.05) is 0 Å². The van der Waals surface area contributed by atoms with E-state index in [9.17, 15) is 9.18 Å². The van der Waals surface area contributed by atoms with E-state index in [1.165, 1.54) is 12.8 Å². The molecular formula is C10H17FO. The zero-order chi connectivity index (χ0) is 8.97. The van der Waals surface area contributed by atoms with Crippen LogP contribution in [0, 0.1) is 5.92 Å². The summed E-state index contributed by atoms with van der Waals surface area (Å²) in [5.74, 6) is 0.292. The molecule has 0 radical (unpaired) electrons. The Bertz CT molecular complexity index is 156. The number of carbonyl (C=O) groups is 1. The third-order valence-electron chi connectivity index (χ3n) is 2.65. The second kappa shape index (κ2) is 4.58. The Labute approximate surface area is 73.3 Å². The van der Waals surface area contributed by atoms with Gasteiger partial charge in [-0.3, -0.25) is 4.79 Å². The van der Waals surface area contributed by atoms with Crippen LogP contribution in [0.2, 0.25) is 0 Å². The van der Waals surface area contributed by atoms with E-state index in [4.69, 9.17) is 0 Å². The van der Waals surface area contributed by atoms with E-state index in [2.05, 4.69) is 6.92 Å². The summed E-state index contributed by atoms with van der Waals surface area (Å²) in [5, 5.41) is 0. The molecule has 12 heavy (non-hydrogen) atoms. The van der Waals surface area contributed by atoms with E-state index in [1.807, 2.05) is 0 Å². The Balaban J connectivity index is 2.25. The summed E-state index contributed by atoms with van der Waals surface area (Å²) >= 11 is 0. The minimum Gasteiger partial charge on any atom is -0.296 e. The number of ketones is 1. The molecule has 0 bridgehead atoms. The van der Waals surface area contributed by atoms with Gasteiger partial charge in [0.15, 0.2) is 12.0 Å². The van der Waals surface area contributed by atoms with Gasteiger partial charge in [-0.2, -0.15) is 0 Å². The maximum absolute atomic E-state index is 12.9. The minimum absolute atomic E-state index is 0.178. The fourth-order valence-corrected chi connectivity index (χ4v) is 1.80. The van der Waals surface area contributed by atoms with Gasteiger partial charge in [-0.15, -0.1) is 0 Å². The van der Waals surface area contributed by atoms with Gasteiger partial charge in [0.05, 0.1) is 0 Å². The largest absolute Gasteiger partial charge is 0.296 e. The summed E-state index contributed by atoms with van der Waals surface area (Å²) in [5.41, 5.74) is 0. The molecule has 1 aliphatic carbocycles. The molecule has 0 N–H and O–H groups in total.